The van der Waals surface area contributed by atoms with Crippen molar-refractivity contribution in [3.05, 3.63) is 60.0 Å². The summed E-state index contributed by atoms with van der Waals surface area (Å²) < 4.78 is 40.3. The summed E-state index contributed by atoms with van der Waals surface area (Å²) in [5.74, 6) is 1.11. The van der Waals surface area contributed by atoms with Crippen molar-refractivity contribution in [3.8, 4) is 5.75 Å². The predicted octanol–water partition coefficient (Wildman–Crippen LogP) is 5.16. The monoisotopic (exact) mass is 456 g/mol. The van der Waals surface area contributed by atoms with Gasteiger partial charge in [0.25, 0.3) is 10.0 Å². The molecule has 0 spiro atoms. The number of fused-ring (bicyclic) bond motifs is 1. The molecule has 1 atom stereocenters. The molecule has 2 heterocycles. The molecule has 2 aromatic carbocycles. The van der Waals surface area contributed by atoms with Crippen LogP contribution in [0.15, 0.2) is 41.3 Å². The fraction of sp³-hybridized carbons (Fsp3) is 0.500. The average Bonchev–Trinajstić information content (AvgIpc) is 2.79. The maximum absolute atomic E-state index is 13.7. The van der Waals surface area contributed by atoms with Crippen LogP contribution in [0.25, 0.3) is 0 Å². The summed E-state index contributed by atoms with van der Waals surface area (Å²) in [6, 6.07) is 11.1. The highest BCUT2D eigenvalue weighted by Gasteiger charge is 2.34. The molecule has 4 rings (SSSR count). The van der Waals surface area contributed by atoms with Crippen molar-refractivity contribution in [1.82, 2.24) is 0 Å². The normalized spacial score (nSPS) is 19.6. The van der Waals surface area contributed by atoms with Crippen LogP contribution in [0.1, 0.15) is 56.2 Å². The largest absolute Gasteiger partial charge is 0.493 e. The molecule has 2 aliphatic heterocycles. The van der Waals surface area contributed by atoms with Gasteiger partial charge in [-0.3, -0.25) is 4.31 Å². The van der Waals surface area contributed by atoms with Gasteiger partial charge in [-0.1, -0.05) is 25.5 Å². The van der Waals surface area contributed by atoms with Gasteiger partial charge in [-0.25, -0.2) is 8.42 Å². The summed E-state index contributed by atoms with van der Waals surface area (Å²) >= 11 is 0. The topological polar surface area (TPSA) is 55.8 Å². The van der Waals surface area contributed by atoms with Gasteiger partial charge in [0.1, 0.15) is 5.75 Å². The molecule has 2 aromatic rings. The highest BCUT2D eigenvalue weighted by Crippen LogP contribution is 2.37. The minimum absolute atomic E-state index is 0.0952. The van der Waals surface area contributed by atoms with Gasteiger partial charge in [0, 0.05) is 19.3 Å². The lowest BCUT2D eigenvalue weighted by molar-refractivity contribution is 0.0497. The Morgan fingerprint density at radius 1 is 1.12 bits per heavy atom. The molecular weight excluding hydrogens is 422 g/mol. The van der Waals surface area contributed by atoms with E-state index in [9.17, 15) is 8.42 Å². The van der Waals surface area contributed by atoms with Crippen LogP contribution in [0.3, 0.4) is 0 Å². The first-order valence-corrected chi connectivity index (χ1v) is 13.2. The third kappa shape index (κ3) is 4.81. The number of rotatable bonds is 7. The predicted molar refractivity (Wildman–Crippen MR) is 128 cm³/mol. The van der Waals surface area contributed by atoms with Gasteiger partial charge in [-0.05, 0) is 92.8 Å². The van der Waals surface area contributed by atoms with Crippen LogP contribution in [0.4, 0.5) is 5.69 Å². The zero-order valence-corrected chi connectivity index (χ0v) is 20.0. The fourth-order valence-corrected chi connectivity index (χ4v) is 6.45. The van der Waals surface area contributed by atoms with Crippen molar-refractivity contribution in [2.24, 2.45) is 5.92 Å². The average molecular weight is 457 g/mol. The highest BCUT2D eigenvalue weighted by atomic mass is 32.2. The van der Waals surface area contributed by atoms with E-state index in [4.69, 9.17) is 9.47 Å². The Morgan fingerprint density at radius 3 is 2.62 bits per heavy atom. The van der Waals surface area contributed by atoms with E-state index in [1.165, 1.54) is 5.56 Å². The van der Waals surface area contributed by atoms with Gasteiger partial charge in [-0.2, -0.15) is 0 Å². The molecule has 0 bridgehead atoms. The molecular formula is C26H34NO4S. The summed E-state index contributed by atoms with van der Waals surface area (Å²) in [6.07, 6.45) is 5.78. The lowest BCUT2D eigenvalue weighted by Gasteiger charge is -2.36. The molecule has 173 valence electrons. The molecule has 1 saturated heterocycles. The zero-order chi connectivity index (χ0) is 22.7. The Morgan fingerprint density at radius 2 is 1.91 bits per heavy atom. The second-order valence-corrected chi connectivity index (χ2v) is 10.9. The van der Waals surface area contributed by atoms with Gasteiger partial charge in [0.05, 0.1) is 17.2 Å². The van der Waals surface area contributed by atoms with Crippen LogP contribution >= 0.6 is 0 Å². The molecule has 0 N–H and O–H groups in total. The summed E-state index contributed by atoms with van der Waals surface area (Å²) in [5, 5.41) is 0. The van der Waals surface area contributed by atoms with Crippen molar-refractivity contribution < 1.29 is 17.9 Å². The van der Waals surface area contributed by atoms with Crippen molar-refractivity contribution >= 4 is 15.7 Å². The van der Waals surface area contributed by atoms with E-state index in [0.29, 0.717) is 23.8 Å². The minimum Gasteiger partial charge on any atom is -0.493 e. The van der Waals surface area contributed by atoms with Crippen LogP contribution in [-0.2, 0) is 27.6 Å². The molecule has 2 aliphatic rings. The third-order valence-electron chi connectivity index (χ3n) is 6.56. The Kier molecular flexibility index (Phi) is 7.11. The Hall–Kier alpha value is -2.05. The number of ether oxygens (including phenoxy) is 2. The lowest BCUT2D eigenvalue weighted by atomic mass is 9.96. The van der Waals surface area contributed by atoms with Gasteiger partial charge in [-0.15, -0.1) is 0 Å². The number of hydrogen-bond acceptors (Lipinski definition) is 4. The van der Waals surface area contributed by atoms with Crippen molar-refractivity contribution in [3.63, 3.8) is 0 Å². The summed E-state index contributed by atoms with van der Waals surface area (Å²) in [5.41, 5.74) is 3.78. The second kappa shape index (κ2) is 9.84. The van der Waals surface area contributed by atoms with Crippen LogP contribution < -0.4 is 9.04 Å². The fourth-order valence-electron chi connectivity index (χ4n) is 4.68. The molecule has 6 heteroatoms. The molecule has 0 aliphatic carbocycles. The number of benzene rings is 2. The first-order chi connectivity index (χ1) is 15.4. The van der Waals surface area contributed by atoms with E-state index >= 15 is 0 Å². The number of nitrogens with zero attached hydrogens (tertiary/aromatic N) is 1. The lowest BCUT2D eigenvalue weighted by Crippen LogP contribution is -2.42. The van der Waals surface area contributed by atoms with Crippen LogP contribution in [0.5, 0.6) is 5.75 Å². The maximum Gasteiger partial charge on any atom is 0.264 e. The number of aryl methyl sites for hydroxylation is 2. The van der Waals surface area contributed by atoms with Gasteiger partial charge < -0.3 is 9.47 Å². The third-order valence-corrected chi connectivity index (χ3v) is 8.48. The Bertz CT molecular complexity index is 1040. The van der Waals surface area contributed by atoms with E-state index in [0.717, 1.165) is 63.0 Å². The summed E-state index contributed by atoms with van der Waals surface area (Å²) in [7, 11) is -3.70. The van der Waals surface area contributed by atoms with Crippen LogP contribution in [0.2, 0.25) is 0 Å². The standard InChI is InChI=1S/C26H34NO4S/c1-4-5-21-7-10-25-23(17-21)8-6-20(3)27(25)32(28,29)24-9-11-26(19(2)16-24)31-18-22-12-14-30-15-13-22/h7,9-11,16-17,20,22H,2,4-6,8,12-15,18H2,1,3H3. The Balaban J connectivity index is 1.57. The Labute approximate surface area is 192 Å². The van der Waals surface area contributed by atoms with Crippen molar-refractivity contribution in [1.29, 1.82) is 0 Å². The van der Waals surface area contributed by atoms with E-state index < -0.39 is 10.0 Å². The number of hydrogen-bond donors (Lipinski definition) is 0. The molecule has 1 fully saturated rings. The molecule has 0 saturated carbocycles. The first-order valence-electron chi connectivity index (χ1n) is 11.7. The van der Waals surface area contributed by atoms with E-state index in [1.54, 1.807) is 22.5 Å². The smallest absolute Gasteiger partial charge is 0.264 e. The summed E-state index contributed by atoms with van der Waals surface area (Å²) in [6.45, 7) is 10.4. The number of sulfonamides is 1. The second-order valence-electron chi connectivity index (χ2n) is 9.04. The van der Waals surface area contributed by atoms with Crippen LogP contribution in [0, 0.1) is 12.8 Å². The van der Waals surface area contributed by atoms with Gasteiger partial charge in [0.15, 0.2) is 0 Å². The van der Waals surface area contributed by atoms with Crippen LogP contribution in [-0.4, -0.2) is 34.3 Å². The zero-order valence-electron chi connectivity index (χ0n) is 19.2. The van der Waals surface area contributed by atoms with Crippen molar-refractivity contribution in [2.75, 3.05) is 24.1 Å². The molecule has 1 radical (unpaired) electrons. The molecule has 5 nitrogen and oxygen atoms in total. The molecule has 0 amide bonds. The molecule has 1 unspecified atom stereocenters. The minimum atomic E-state index is -3.70. The molecule has 0 aromatic heterocycles. The van der Waals surface area contributed by atoms with Gasteiger partial charge in [0.2, 0.25) is 0 Å². The molecule has 32 heavy (non-hydrogen) atoms. The van der Waals surface area contributed by atoms with Gasteiger partial charge >= 0.3 is 0 Å². The highest BCUT2D eigenvalue weighted by molar-refractivity contribution is 7.92. The van der Waals surface area contributed by atoms with Crippen molar-refractivity contribution in [2.45, 2.75) is 63.3 Å². The van der Waals surface area contributed by atoms with E-state index in [-0.39, 0.29) is 10.9 Å². The number of anilines is 1. The van der Waals surface area contributed by atoms with E-state index in [1.807, 2.05) is 13.0 Å². The SMILES string of the molecule is [CH2]c1cc(S(=O)(=O)N2c3ccc(CCC)cc3CCC2C)ccc1OCC1CCOCC1. The quantitative estimate of drug-likeness (QED) is 0.578. The maximum atomic E-state index is 13.7. The van der Waals surface area contributed by atoms with E-state index in [2.05, 4.69) is 26.0 Å². The summed E-state index contributed by atoms with van der Waals surface area (Å²) in [4.78, 5) is 0.262. The first kappa shape index (κ1) is 23.1.